The lowest BCUT2D eigenvalue weighted by Crippen LogP contribution is -2.21. The van der Waals surface area contributed by atoms with Crippen molar-refractivity contribution in [3.8, 4) is 22.9 Å². The second-order valence-corrected chi connectivity index (χ2v) is 6.88. The van der Waals surface area contributed by atoms with Gasteiger partial charge in [-0.1, -0.05) is 0 Å². The number of halogens is 1. The van der Waals surface area contributed by atoms with Gasteiger partial charge in [-0.2, -0.15) is 0 Å². The summed E-state index contributed by atoms with van der Waals surface area (Å²) < 4.78 is 21.8. The molecule has 0 saturated heterocycles. The highest BCUT2D eigenvalue weighted by Gasteiger charge is 2.29. The fraction of sp³-hybridized carbons (Fsp3) is 0.0556. The molecule has 28 heavy (non-hydrogen) atoms. The van der Waals surface area contributed by atoms with E-state index in [1.54, 1.807) is 0 Å². The lowest BCUT2D eigenvalue weighted by molar-refractivity contribution is -0.133. The Labute approximate surface area is 159 Å². The van der Waals surface area contributed by atoms with Gasteiger partial charge in [-0.25, -0.2) is 9.18 Å². The fourth-order valence-corrected chi connectivity index (χ4v) is 3.74. The second-order valence-electron chi connectivity index (χ2n) is 5.90. The molecule has 3 aromatic rings. The second kappa shape index (κ2) is 6.27. The van der Waals surface area contributed by atoms with E-state index in [9.17, 15) is 29.0 Å². The van der Waals surface area contributed by atoms with Crippen LogP contribution < -0.4 is 10.2 Å². The minimum absolute atomic E-state index is 0.0940. The minimum atomic E-state index is -1.48. The van der Waals surface area contributed by atoms with Crippen LogP contribution in [-0.2, 0) is 4.79 Å². The summed E-state index contributed by atoms with van der Waals surface area (Å²) in [6.45, 7) is 0. The number of phenolic OH excluding ortho intramolecular Hbond substituents is 1. The number of nitrogens with zero attached hydrogens (tertiary/aromatic N) is 1. The van der Waals surface area contributed by atoms with Gasteiger partial charge >= 0.3 is 11.9 Å². The minimum Gasteiger partial charge on any atom is -0.508 e. The van der Waals surface area contributed by atoms with E-state index in [0.29, 0.717) is 17.4 Å². The number of phenols is 1. The van der Waals surface area contributed by atoms with Gasteiger partial charge < -0.3 is 24.6 Å². The summed E-state index contributed by atoms with van der Waals surface area (Å²) in [5.41, 5.74) is -1.01. The molecule has 4 rings (SSSR count). The molecule has 0 unspecified atom stereocenters. The molecule has 0 radical (unpaired) electrons. The van der Waals surface area contributed by atoms with E-state index in [1.165, 1.54) is 22.8 Å². The number of aromatic nitrogens is 1. The molecule has 1 aromatic heterocycles. The van der Waals surface area contributed by atoms with Gasteiger partial charge in [0.1, 0.15) is 22.6 Å². The van der Waals surface area contributed by atoms with Crippen LogP contribution in [0.15, 0.2) is 40.2 Å². The van der Waals surface area contributed by atoms with Crippen LogP contribution >= 0.6 is 11.8 Å². The summed E-state index contributed by atoms with van der Waals surface area (Å²) in [4.78, 5) is 34.8. The van der Waals surface area contributed by atoms with Crippen molar-refractivity contribution in [2.75, 3.05) is 5.75 Å². The standard InChI is InChI=1S/C18H10FNO7S/c19-10-4-8-14-16(17(10)28-6-13(22)23)27-12-3-7(21)1-2-11(12)20(14)5-9(15(8)24)18(25)26/h1-5,21H,6H2,(H,22,23)(H,25,26). The van der Waals surface area contributed by atoms with Crippen LogP contribution in [0.4, 0.5) is 4.39 Å². The number of aromatic carboxylic acids is 1. The molecule has 0 spiro atoms. The van der Waals surface area contributed by atoms with E-state index in [0.717, 1.165) is 12.3 Å². The molecule has 8 nitrogen and oxygen atoms in total. The van der Waals surface area contributed by atoms with Crippen molar-refractivity contribution < 1.29 is 34.0 Å². The Kier molecular flexibility index (Phi) is 4.00. The van der Waals surface area contributed by atoms with Crippen molar-refractivity contribution in [1.82, 2.24) is 4.57 Å². The molecule has 0 amide bonds. The van der Waals surface area contributed by atoms with Gasteiger partial charge in [-0.3, -0.25) is 9.59 Å². The smallest absolute Gasteiger partial charge is 0.341 e. The third-order valence-corrected chi connectivity index (χ3v) is 5.20. The first-order chi connectivity index (χ1) is 13.3. The van der Waals surface area contributed by atoms with Gasteiger partial charge in [-0.15, -0.1) is 11.8 Å². The zero-order valence-corrected chi connectivity index (χ0v) is 14.6. The van der Waals surface area contributed by atoms with Crippen molar-refractivity contribution in [1.29, 1.82) is 0 Å². The van der Waals surface area contributed by atoms with Crippen molar-refractivity contribution in [2.45, 2.75) is 4.90 Å². The molecule has 0 atom stereocenters. The number of carbonyl (C=O) groups is 2. The predicted octanol–water partition coefficient (Wildman–Crippen LogP) is 2.82. The highest BCUT2D eigenvalue weighted by atomic mass is 32.2. The van der Waals surface area contributed by atoms with E-state index in [2.05, 4.69) is 0 Å². The van der Waals surface area contributed by atoms with Crippen LogP contribution in [0.5, 0.6) is 17.2 Å². The maximum atomic E-state index is 14.7. The molecule has 0 saturated carbocycles. The monoisotopic (exact) mass is 403 g/mol. The number of hydrogen-bond acceptors (Lipinski definition) is 6. The first-order valence-corrected chi connectivity index (χ1v) is 8.77. The molecular formula is C18H10FNO7S. The Bertz CT molecular complexity index is 1250. The number of pyridine rings is 1. The van der Waals surface area contributed by atoms with Gasteiger partial charge in [0.15, 0.2) is 11.5 Å². The zero-order valence-electron chi connectivity index (χ0n) is 13.8. The van der Waals surface area contributed by atoms with E-state index in [1.807, 2.05) is 0 Å². The molecule has 3 N–H and O–H groups in total. The summed E-state index contributed by atoms with van der Waals surface area (Å²) in [7, 11) is 0. The van der Waals surface area contributed by atoms with Gasteiger partial charge in [0.2, 0.25) is 5.43 Å². The summed E-state index contributed by atoms with van der Waals surface area (Å²) in [6.07, 6.45) is 1.10. The predicted molar refractivity (Wildman–Crippen MR) is 96.6 cm³/mol. The van der Waals surface area contributed by atoms with Crippen LogP contribution in [0.25, 0.3) is 16.6 Å². The van der Waals surface area contributed by atoms with E-state index < -0.39 is 34.5 Å². The lowest BCUT2D eigenvalue weighted by atomic mass is 10.1. The quantitative estimate of drug-likeness (QED) is 0.444. The number of aliphatic carboxylic acids is 1. The molecule has 0 aliphatic carbocycles. The normalized spacial score (nSPS) is 11.8. The number of hydrogen-bond donors (Lipinski definition) is 3. The van der Waals surface area contributed by atoms with Crippen LogP contribution in [-0.4, -0.2) is 37.6 Å². The number of carboxylic acid groups (broad SMARTS) is 2. The molecule has 10 heteroatoms. The third kappa shape index (κ3) is 2.65. The Morgan fingerprint density at radius 2 is 1.96 bits per heavy atom. The zero-order chi connectivity index (χ0) is 20.2. The Balaban J connectivity index is 2.13. The topological polar surface area (TPSA) is 126 Å². The maximum Gasteiger partial charge on any atom is 0.341 e. The van der Waals surface area contributed by atoms with Crippen molar-refractivity contribution in [2.24, 2.45) is 0 Å². The number of aromatic hydroxyl groups is 1. The number of thioether (sulfide) groups is 1. The molecule has 0 bridgehead atoms. The first-order valence-electron chi connectivity index (χ1n) is 7.79. The van der Waals surface area contributed by atoms with E-state index in [4.69, 9.17) is 9.84 Å². The average Bonchev–Trinajstić information content (AvgIpc) is 2.62. The van der Waals surface area contributed by atoms with E-state index >= 15 is 0 Å². The first kappa shape index (κ1) is 17.9. The van der Waals surface area contributed by atoms with Crippen molar-refractivity contribution in [3.63, 3.8) is 0 Å². The molecule has 1 aliphatic rings. The van der Waals surface area contributed by atoms with Gasteiger partial charge in [-0.05, 0) is 18.2 Å². The van der Waals surface area contributed by atoms with Crippen LogP contribution in [0.2, 0.25) is 0 Å². The lowest BCUT2D eigenvalue weighted by Gasteiger charge is -2.25. The van der Waals surface area contributed by atoms with Gasteiger partial charge in [0.25, 0.3) is 0 Å². The van der Waals surface area contributed by atoms with Crippen LogP contribution in [0, 0.1) is 5.82 Å². The summed E-state index contributed by atoms with van der Waals surface area (Å²) in [5, 5.41) is 27.8. The molecule has 2 aromatic carbocycles. The number of carboxylic acids is 2. The molecule has 0 fully saturated rings. The van der Waals surface area contributed by atoms with E-state index in [-0.39, 0.29) is 33.0 Å². The highest BCUT2D eigenvalue weighted by molar-refractivity contribution is 8.00. The van der Waals surface area contributed by atoms with Gasteiger partial charge in [0.05, 0.1) is 21.7 Å². The van der Waals surface area contributed by atoms with Crippen molar-refractivity contribution >= 4 is 34.6 Å². The van der Waals surface area contributed by atoms with Crippen LogP contribution in [0.1, 0.15) is 10.4 Å². The Morgan fingerprint density at radius 1 is 1.21 bits per heavy atom. The Hall–Kier alpha value is -3.53. The van der Waals surface area contributed by atoms with Crippen molar-refractivity contribution in [3.05, 3.63) is 52.1 Å². The average molecular weight is 403 g/mol. The molecular weight excluding hydrogens is 393 g/mol. The number of benzene rings is 2. The van der Waals surface area contributed by atoms with Gasteiger partial charge in [0, 0.05) is 12.3 Å². The summed E-state index contributed by atoms with van der Waals surface area (Å²) >= 11 is 0.665. The number of ether oxygens (including phenoxy) is 1. The summed E-state index contributed by atoms with van der Waals surface area (Å²) in [6, 6.07) is 4.93. The number of rotatable bonds is 4. The number of fused-ring (bicyclic) bond motifs is 2. The molecule has 2 heterocycles. The Morgan fingerprint density at radius 3 is 2.64 bits per heavy atom. The fourth-order valence-electron chi connectivity index (χ4n) is 3.01. The molecule has 142 valence electrons. The van der Waals surface area contributed by atoms with Crippen LogP contribution in [0.3, 0.4) is 0 Å². The summed E-state index contributed by atoms with van der Waals surface area (Å²) in [5.74, 6) is -4.19. The SMILES string of the molecule is O=C(O)CSc1c(F)cc2c(=O)c(C(=O)O)cn3c2c1Oc1cc(O)ccc1-3. The third-order valence-electron chi connectivity index (χ3n) is 4.14. The molecule has 1 aliphatic heterocycles. The maximum absolute atomic E-state index is 14.7. The highest BCUT2D eigenvalue weighted by Crippen LogP contribution is 2.46. The largest absolute Gasteiger partial charge is 0.508 e.